The lowest BCUT2D eigenvalue weighted by Crippen LogP contribution is -2.56. The average molecular weight is 526 g/mol. The fourth-order valence-electron chi connectivity index (χ4n) is 7.28. The maximum absolute atomic E-state index is 13.7. The van der Waals surface area contributed by atoms with Crippen LogP contribution in [0.1, 0.15) is 65.7 Å². The van der Waals surface area contributed by atoms with Crippen LogP contribution in [-0.4, -0.2) is 36.1 Å². The van der Waals surface area contributed by atoms with Crippen LogP contribution in [0.15, 0.2) is 23.5 Å². The van der Waals surface area contributed by atoms with Crippen molar-refractivity contribution in [2.45, 2.75) is 89.8 Å². The van der Waals surface area contributed by atoms with Crippen LogP contribution < -0.4 is 0 Å². The Balaban J connectivity index is 1.50. The minimum absolute atomic E-state index is 0.134. The number of hydrogen-bond acceptors (Lipinski definition) is 4. The van der Waals surface area contributed by atoms with Gasteiger partial charge in [-0.3, -0.25) is 4.79 Å². The number of rotatable bonds is 4. The van der Waals surface area contributed by atoms with Crippen molar-refractivity contribution in [2.75, 3.05) is 0 Å². The van der Waals surface area contributed by atoms with E-state index in [1.807, 2.05) is 6.92 Å². The minimum atomic E-state index is -6.62. The molecule has 6 atom stereocenters. The summed E-state index contributed by atoms with van der Waals surface area (Å²) in [4.78, 5) is 23.3. The van der Waals surface area contributed by atoms with E-state index in [-0.39, 0.29) is 29.8 Å². The molecule has 0 aromatic carbocycles. The fraction of sp³-hybridized carbons (Fsp3) is 0.760. The summed E-state index contributed by atoms with van der Waals surface area (Å²) in [5.74, 6) is -15.4. The Labute approximate surface area is 204 Å². The highest BCUT2D eigenvalue weighted by atomic mass is 19.4. The standard InChI is InChI=1S/C25H29F7O4/c1-13(33)35-19-7-6-17-16-5-4-14-12-15(8-10-21(14,2)18(16)9-11-22(17,19)3)36-20(34)23(26,27)24(28,29)25(30,31)32/h8,12,16-19H,4-7,9-11H2,1-3H3. The predicted octanol–water partition coefficient (Wildman–Crippen LogP) is 6.75. The van der Waals surface area contributed by atoms with Gasteiger partial charge in [0.05, 0.1) is 0 Å². The molecule has 4 rings (SSSR count). The quantitative estimate of drug-likeness (QED) is 0.300. The van der Waals surface area contributed by atoms with Gasteiger partial charge >= 0.3 is 30.0 Å². The van der Waals surface area contributed by atoms with E-state index in [0.29, 0.717) is 18.3 Å². The highest BCUT2D eigenvalue weighted by Gasteiger charge is 2.77. The summed E-state index contributed by atoms with van der Waals surface area (Å²) in [6, 6.07) is 0. The van der Waals surface area contributed by atoms with Crippen molar-refractivity contribution in [3.8, 4) is 0 Å². The number of hydrogen-bond donors (Lipinski definition) is 0. The number of esters is 2. The molecular formula is C25H29F7O4. The third-order valence-corrected chi connectivity index (χ3v) is 9.22. The average Bonchev–Trinajstić information content (AvgIpc) is 3.08. The van der Waals surface area contributed by atoms with Crippen LogP contribution in [0.4, 0.5) is 30.7 Å². The van der Waals surface area contributed by atoms with Crippen molar-refractivity contribution >= 4 is 11.9 Å². The van der Waals surface area contributed by atoms with Crippen LogP contribution in [0.5, 0.6) is 0 Å². The zero-order valence-corrected chi connectivity index (χ0v) is 20.2. The largest absolute Gasteiger partial charge is 0.462 e. The van der Waals surface area contributed by atoms with Crippen LogP contribution in [-0.2, 0) is 19.1 Å². The summed E-state index contributed by atoms with van der Waals surface area (Å²) in [7, 11) is 0. The second-order valence-corrected chi connectivity index (χ2v) is 11.1. The monoisotopic (exact) mass is 526 g/mol. The highest BCUT2D eigenvalue weighted by Crippen LogP contribution is 2.65. The first-order valence-corrected chi connectivity index (χ1v) is 12.1. The summed E-state index contributed by atoms with van der Waals surface area (Å²) in [5.41, 5.74) is 0.279. The Bertz CT molecular complexity index is 1000. The molecule has 11 heteroatoms. The van der Waals surface area contributed by atoms with Gasteiger partial charge in [0, 0.05) is 12.3 Å². The summed E-state index contributed by atoms with van der Waals surface area (Å²) < 4.78 is 101. The SMILES string of the molecule is CC(=O)OC1CCC2C3CCC4=CC(OC(=O)C(F)(F)C(F)(F)C(F)(F)F)=CCC4(C)C3CCC12C. The summed E-state index contributed by atoms with van der Waals surface area (Å²) in [6.07, 6.45) is 0.878. The van der Waals surface area contributed by atoms with Gasteiger partial charge in [-0.1, -0.05) is 19.4 Å². The van der Waals surface area contributed by atoms with Crippen molar-refractivity contribution < 1.29 is 49.8 Å². The van der Waals surface area contributed by atoms with Crippen LogP contribution in [0.25, 0.3) is 0 Å². The van der Waals surface area contributed by atoms with Gasteiger partial charge in [-0.25, -0.2) is 4.79 Å². The number of carbonyl (C=O) groups is 2. The predicted molar refractivity (Wildman–Crippen MR) is 113 cm³/mol. The lowest BCUT2D eigenvalue weighted by atomic mass is 9.48. The van der Waals surface area contributed by atoms with Crippen molar-refractivity contribution in [3.63, 3.8) is 0 Å². The summed E-state index contributed by atoms with van der Waals surface area (Å²) >= 11 is 0. The van der Waals surface area contributed by atoms with Crippen molar-refractivity contribution in [1.29, 1.82) is 0 Å². The van der Waals surface area contributed by atoms with Crippen LogP contribution in [0, 0.1) is 28.6 Å². The molecule has 4 nitrogen and oxygen atoms in total. The maximum atomic E-state index is 13.7. The maximum Gasteiger partial charge on any atom is 0.460 e. The van der Waals surface area contributed by atoms with Gasteiger partial charge in [0.1, 0.15) is 11.9 Å². The van der Waals surface area contributed by atoms with Crippen LogP contribution in [0.2, 0.25) is 0 Å². The van der Waals surface area contributed by atoms with E-state index >= 15 is 0 Å². The topological polar surface area (TPSA) is 52.6 Å². The van der Waals surface area contributed by atoms with E-state index in [9.17, 15) is 40.3 Å². The lowest BCUT2D eigenvalue weighted by Gasteiger charge is -2.57. The first kappa shape index (κ1) is 27.0. The molecule has 0 amide bonds. The van der Waals surface area contributed by atoms with E-state index < -0.39 is 35.2 Å². The lowest BCUT2D eigenvalue weighted by molar-refractivity contribution is -0.347. The first-order chi connectivity index (χ1) is 16.4. The third kappa shape index (κ3) is 3.95. The van der Waals surface area contributed by atoms with Gasteiger partial charge in [-0.05, 0) is 80.3 Å². The molecule has 0 spiro atoms. The third-order valence-electron chi connectivity index (χ3n) is 9.22. The zero-order valence-electron chi connectivity index (χ0n) is 20.2. The fourth-order valence-corrected chi connectivity index (χ4v) is 7.28. The van der Waals surface area contributed by atoms with E-state index in [0.717, 1.165) is 37.7 Å². The van der Waals surface area contributed by atoms with Gasteiger partial charge in [0.15, 0.2) is 0 Å². The van der Waals surface area contributed by atoms with Gasteiger partial charge in [-0.2, -0.15) is 30.7 Å². The van der Waals surface area contributed by atoms with Gasteiger partial charge in [0.25, 0.3) is 0 Å². The Hall–Kier alpha value is -2.07. The number of carbonyl (C=O) groups excluding carboxylic acids is 2. The molecule has 0 N–H and O–H groups in total. The molecular weight excluding hydrogens is 497 g/mol. The molecule has 36 heavy (non-hydrogen) atoms. The van der Waals surface area contributed by atoms with E-state index in [1.165, 1.54) is 19.1 Å². The Morgan fingerprint density at radius 3 is 2.25 bits per heavy atom. The van der Waals surface area contributed by atoms with Gasteiger partial charge in [-0.15, -0.1) is 0 Å². The number of halogens is 7. The Morgan fingerprint density at radius 1 is 0.972 bits per heavy atom. The number of ether oxygens (including phenoxy) is 2. The molecule has 0 bridgehead atoms. The molecule has 0 heterocycles. The van der Waals surface area contributed by atoms with E-state index in [1.54, 1.807) is 0 Å². The molecule has 0 aliphatic heterocycles. The van der Waals surface area contributed by atoms with E-state index in [4.69, 9.17) is 4.74 Å². The van der Waals surface area contributed by atoms with Gasteiger partial charge < -0.3 is 9.47 Å². The molecule has 0 aromatic rings. The molecule has 0 saturated heterocycles. The summed E-state index contributed by atoms with van der Waals surface area (Å²) in [5, 5.41) is 0. The molecule has 3 saturated carbocycles. The molecule has 3 fully saturated rings. The number of fused-ring (bicyclic) bond motifs is 5. The van der Waals surface area contributed by atoms with Gasteiger partial charge in [0.2, 0.25) is 0 Å². The van der Waals surface area contributed by atoms with Crippen LogP contribution in [0.3, 0.4) is 0 Å². The Kier molecular flexibility index (Phi) is 6.35. The van der Waals surface area contributed by atoms with Crippen molar-refractivity contribution in [1.82, 2.24) is 0 Å². The first-order valence-electron chi connectivity index (χ1n) is 12.1. The van der Waals surface area contributed by atoms with E-state index in [2.05, 4.69) is 11.7 Å². The summed E-state index contributed by atoms with van der Waals surface area (Å²) in [6.45, 7) is 5.59. The second-order valence-electron chi connectivity index (χ2n) is 11.1. The highest BCUT2D eigenvalue weighted by molar-refractivity contribution is 5.80. The molecule has 4 aliphatic rings. The number of allylic oxidation sites excluding steroid dienone is 3. The number of alkyl halides is 7. The van der Waals surface area contributed by atoms with Crippen molar-refractivity contribution in [3.05, 3.63) is 23.5 Å². The minimum Gasteiger partial charge on any atom is -0.462 e. The second kappa shape index (κ2) is 8.48. The molecule has 6 unspecified atom stereocenters. The van der Waals surface area contributed by atoms with Crippen molar-refractivity contribution in [2.24, 2.45) is 28.6 Å². The molecule has 0 radical (unpaired) electrons. The zero-order chi connectivity index (χ0) is 26.9. The smallest absolute Gasteiger partial charge is 0.460 e. The Morgan fingerprint density at radius 2 is 1.64 bits per heavy atom. The molecule has 202 valence electrons. The molecule has 4 aliphatic carbocycles. The van der Waals surface area contributed by atoms with Crippen LogP contribution >= 0.6 is 0 Å². The normalized spacial score (nSPS) is 36.6. The molecule has 0 aromatic heterocycles.